The lowest BCUT2D eigenvalue weighted by Crippen LogP contribution is -2.71. The maximum atomic E-state index is 13.2. The van der Waals surface area contributed by atoms with Gasteiger partial charge in [-0.1, -0.05) is 47.7 Å². The molecule has 212 valence electrons. The number of benzene rings is 1. The van der Waals surface area contributed by atoms with E-state index in [0.29, 0.717) is 11.3 Å². The number of thiocarbonyl (C=S) groups is 1. The van der Waals surface area contributed by atoms with Crippen molar-refractivity contribution in [2.24, 2.45) is 5.16 Å². The molecule has 0 aliphatic carbocycles. The fraction of sp³-hybridized carbons (Fsp3) is 0.160. The number of amides is 2. The smallest absolute Gasteiger partial charge is 0.353 e. The molecule has 1 saturated heterocycles. The van der Waals surface area contributed by atoms with E-state index in [1.165, 1.54) is 28.8 Å². The second kappa shape index (κ2) is 10.9. The highest BCUT2D eigenvalue weighted by molar-refractivity contribution is 8.00. The minimum Gasteiger partial charge on any atom is -0.477 e. The number of hydrogen-bond donors (Lipinski definition) is 3. The fourth-order valence-electron chi connectivity index (χ4n) is 4.52. The molecule has 42 heavy (non-hydrogen) atoms. The Hall–Kier alpha value is -4.74. The Balaban J connectivity index is 1.28. The van der Waals surface area contributed by atoms with Crippen LogP contribution in [0.4, 0.5) is 5.13 Å². The number of carboxylic acids is 1. The number of thioether (sulfide) groups is 1. The third-order valence-corrected chi connectivity index (χ3v) is 8.81. The first kappa shape index (κ1) is 27.4. The van der Waals surface area contributed by atoms with Crippen LogP contribution in [-0.2, 0) is 19.2 Å². The van der Waals surface area contributed by atoms with E-state index in [2.05, 4.69) is 30.8 Å². The van der Waals surface area contributed by atoms with Crippen molar-refractivity contribution in [3.63, 3.8) is 0 Å². The van der Waals surface area contributed by atoms with Gasteiger partial charge in [0, 0.05) is 22.3 Å². The molecule has 14 nitrogen and oxygen atoms in total. The summed E-state index contributed by atoms with van der Waals surface area (Å²) < 4.78 is 1.46. The van der Waals surface area contributed by atoms with Gasteiger partial charge in [-0.25, -0.2) is 9.78 Å². The van der Waals surface area contributed by atoms with Gasteiger partial charge in [-0.2, -0.15) is 9.61 Å². The third-order valence-electron chi connectivity index (χ3n) is 6.43. The molecule has 4 aromatic rings. The Bertz CT molecular complexity index is 1840. The van der Waals surface area contributed by atoms with E-state index in [1.54, 1.807) is 12.1 Å². The lowest BCUT2D eigenvalue weighted by atomic mass is 10.0. The molecule has 0 saturated carbocycles. The topological polar surface area (TPSA) is 190 Å². The number of nitrogens with one attached hydrogen (secondary N) is 1. The van der Waals surface area contributed by atoms with Crippen LogP contribution in [0.15, 0.2) is 64.3 Å². The van der Waals surface area contributed by atoms with Gasteiger partial charge in [-0.15, -0.1) is 33.3 Å². The summed E-state index contributed by atoms with van der Waals surface area (Å²) in [5.74, 6) is -2.38. The number of nitrogens with two attached hydrogens (primary N) is 1. The summed E-state index contributed by atoms with van der Waals surface area (Å²) in [4.78, 5) is 48.7. The van der Waals surface area contributed by atoms with E-state index in [0.717, 1.165) is 21.8 Å². The number of nitrogen functional groups attached to an aromatic ring is 1. The number of aromatic nitrogens is 5. The highest BCUT2D eigenvalue weighted by Crippen LogP contribution is 2.41. The maximum absolute atomic E-state index is 13.2. The Morgan fingerprint density at radius 2 is 2.00 bits per heavy atom. The van der Waals surface area contributed by atoms with E-state index >= 15 is 0 Å². The van der Waals surface area contributed by atoms with E-state index < -0.39 is 29.2 Å². The normalized spacial score (nSPS) is 18.5. The van der Waals surface area contributed by atoms with Crippen molar-refractivity contribution in [2.75, 3.05) is 18.6 Å². The van der Waals surface area contributed by atoms with E-state index in [-0.39, 0.29) is 44.2 Å². The first-order valence-corrected chi connectivity index (χ1v) is 14.5. The Morgan fingerprint density at radius 1 is 1.21 bits per heavy atom. The van der Waals surface area contributed by atoms with Gasteiger partial charge in [0.05, 0.1) is 10.6 Å². The summed E-state index contributed by atoms with van der Waals surface area (Å²) in [5, 5.41) is 30.5. The molecule has 2 aliphatic rings. The zero-order chi connectivity index (χ0) is 29.5. The van der Waals surface area contributed by atoms with Gasteiger partial charge in [-0.05, 0) is 12.1 Å². The van der Waals surface area contributed by atoms with Crippen molar-refractivity contribution in [2.45, 2.75) is 11.4 Å². The molecule has 0 unspecified atom stereocenters. The van der Waals surface area contributed by atoms with Crippen LogP contribution in [0.5, 0.6) is 0 Å². The number of anilines is 1. The van der Waals surface area contributed by atoms with Gasteiger partial charge in [0.15, 0.2) is 22.3 Å². The number of carbonyl (C=O) groups excluding carboxylic acids is 2. The van der Waals surface area contributed by atoms with Crippen molar-refractivity contribution in [1.29, 1.82) is 0 Å². The predicted octanol–water partition coefficient (Wildman–Crippen LogP) is 1.34. The minimum atomic E-state index is -1.35. The van der Waals surface area contributed by atoms with Crippen LogP contribution in [0, 0.1) is 0 Å². The van der Waals surface area contributed by atoms with E-state index in [1.807, 2.05) is 30.3 Å². The van der Waals surface area contributed by atoms with Crippen LogP contribution in [0.1, 0.15) is 11.5 Å². The highest BCUT2D eigenvalue weighted by atomic mass is 32.2. The molecule has 17 heteroatoms. The molecule has 0 spiro atoms. The molecular formula is C25H19N9O5S3. The van der Waals surface area contributed by atoms with Gasteiger partial charge in [0.2, 0.25) is 0 Å². The average Bonchev–Trinajstić information content (AvgIpc) is 3.63. The lowest BCUT2D eigenvalue weighted by molar-refractivity contribution is -0.150. The monoisotopic (exact) mass is 621 g/mol. The number of rotatable bonds is 8. The molecule has 2 amide bonds. The van der Waals surface area contributed by atoms with E-state index in [9.17, 15) is 19.5 Å². The van der Waals surface area contributed by atoms with Gasteiger partial charge in [0.1, 0.15) is 29.9 Å². The number of nitrogens with zero attached hydrogens (tertiary/aromatic N) is 7. The Morgan fingerprint density at radius 3 is 2.69 bits per heavy atom. The number of thiazole rings is 1. The summed E-state index contributed by atoms with van der Waals surface area (Å²) in [6.07, 6.45) is 0. The second-order valence-corrected chi connectivity index (χ2v) is 11.3. The van der Waals surface area contributed by atoms with Crippen molar-refractivity contribution in [3.8, 4) is 11.3 Å². The number of aliphatic carboxylic acids is 1. The van der Waals surface area contributed by atoms with E-state index in [4.69, 9.17) is 22.8 Å². The number of oxime groups is 1. The molecule has 5 heterocycles. The summed E-state index contributed by atoms with van der Waals surface area (Å²) in [6.45, 7) is 0. The molecule has 4 N–H and O–H groups in total. The van der Waals surface area contributed by atoms with Crippen molar-refractivity contribution in [1.82, 2.24) is 35.0 Å². The van der Waals surface area contributed by atoms with Gasteiger partial charge in [-0.3, -0.25) is 14.5 Å². The van der Waals surface area contributed by atoms with Crippen LogP contribution in [0.2, 0.25) is 0 Å². The van der Waals surface area contributed by atoms with Gasteiger partial charge < -0.3 is 21.0 Å². The average molecular weight is 622 g/mol. The van der Waals surface area contributed by atoms with Gasteiger partial charge >= 0.3 is 5.97 Å². The highest BCUT2D eigenvalue weighted by Gasteiger charge is 2.55. The zero-order valence-electron chi connectivity index (χ0n) is 21.5. The maximum Gasteiger partial charge on any atom is 0.353 e. The second-order valence-electron chi connectivity index (χ2n) is 8.89. The number of carboxylic acid groups (broad SMARTS) is 1. The van der Waals surface area contributed by atoms with Crippen molar-refractivity contribution in [3.05, 3.63) is 70.6 Å². The molecule has 0 radical (unpaired) electrons. The van der Waals surface area contributed by atoms with Crippen molar-refractivity contribution < 1.29 is 24.3 Å². The molecule has 2 atom stereocenters. The van der Waals surface area contributed by atoms with Crippen LogP contribution in [0.3, 0.4) is 0 Å². The largest absolute Gasteiger partial charge is 0.477 e. The van der Waals surface area contributed by atoms with Crippen LogP contribution < -0.4 is 11.1 Å². The van der Waals surface area contributed by atoms with Crippen LogP contribution in [0.25, 0.3) is 16.9 Å². The summed E-state index contributed by atoms with van der Waals surface area (Å²) in [5.41, 5.74) is 7.55. The third kappa shape index (κ3) is 4.66. The molecule has 1 aromatic carbocycles. The number of hydrogen-bond acceptors (Lipinski definition) is 13. The number of fused-ring (bicyclic) bond motifs is 2. The zero-order valence-corrected chi connectivity index (χ0v) is 23.9. The minimum absolute atomic E-state index is 0.0967. The summed E-state index contributed by atoms with van der Waals surface area (Å²) in [7, 11) is 1.27. The fourth-order valence-corrected chi connectivity index (χ4v) is 6.81. The van der Waals surface area contributed by atoms with Crippen LogP contribution >= 0.6 is 35.3 Å². The molecule has 0 bridgehead atoms. The van der Waals surface area contributed by atoms with Gasteiger partial charge in [0.25, 0.3) is 11.8 Å². The predicted molar refractivity (Wildman–Crippen MR) is 158 cm³/mol. The Kier molecular flexibility index (Phi) is 7.13. The first-order chi connectivity index (χ1) is 20.3. The number of β-lactam (4-membered cyclic amide) rings is 1. The van der Waals surface area contributed by atoms with Crippen LogP contribution in [-0.4, -0.2) is 87.4 Å². The molecule has 1 fully saturated rings. The Labute approximate surface area is 250 Å². The molecular weight excluding hydrogens is 603 g/mol. The number of carbonyl (C=O) groups is 3. The lowest BCUT2D eigenvalue weighted by Gasteiger charge is -2.49. The molecule has 2 aliphatic heterocycles. The SMILES string of the molecule is CO/N=C(\C(=O)N[C@@H]1C(=O)N2C(C(=O)O)=C(C(=S)c3nnc4ccc(-c5ccccc5)nn34)CS[C@@H]12)c1csc(N)n1. The molecule has 3 aromatic heterocycles. The summed E-state index contributed by atoms with van der Waals surface area (Å²) >= 11 is 8.06. The summed E-state index contributed by atoms with van der Waals surface area (Å²) in [6, 6.07) is 12.0. The quantitative estimate of drug-likeness (QED) is 0.0843. The molecule has 6 rings (SSSR count). The first-order valence-electron chi connectivity index (χ1n) is 12.2. The standard InChI is InChI=1S/C25H19N9O5S3/c1-39-32-16(14-10-42-25(26)27-14)21(35)28-17-22(36)33-18(24(37)38)12(9-41-23(17)33)19(40)20-30-29-15-8-7-13(31-34(15)20)11-5-3-2-4-6-11/h2-8,10,17,23H,9H2,1H3,(H2,26,27)(H,28,35)(H,37,38)/b32-16-/t17-,23+/m1/s1. The van der Waals surface area contributed by atoms with Crippen molar-refractivity contribution >= 4 is 74.5 Å².